The molecule has 0 saturated heterocycles. The van der Waals surface area contributed by atoms with E-state index in [2.05, 4.69) is 189 Å². The molecular formula is C45H46Cl2Zr-2. The number of hydrogen-bond acceptors (Lipinski definition) is 0. The minimum atomic E-state index is 0. The van der Waals surface area contributed by atoms with Crippen molar-refractivity contribution in [3.8, 4) is 0 Å². The van der Waals surface area contributed by atoms with Gasteiger partial charge in [0.2, 0.25) is 0 Å². The zero-order chi connectivity index (χ0) is 33.1. The van der Waals surface area contributed by atoms with E-state index in [4.69, 9.17) is 0 Å². The van der Waals surface area contributed by atoms with E-state index in [1.807, 2.05) is 0 Å². The van der Waals surface area contributed by atoms with Gasteiger partial charge >= 0.3 is 99.2 Å². The second-order valence-corrected chi connectivity index (χ2v) is 15.7. The first-order chi connectivity index (χ1) is 21.8. The molecular weight excluding hydrogens is 703 g/mol. The third kappa shape index (κ3) is 9.54. The molecule has 246 valence electrons. The van der Waals surface area contributed by atoms with Gasteiger partial charge in [0.1, 0.15) is 0 Å². The second kappa shape index (κ2) is 16.5. The number of hydrogen-bond donors (Lipinski definition) is 0. The van der Waals surface area contributed by atoms with Gasteiger partial charge in [-0.05, 0) is 24.7 Å². The van der Waals surface area contributed by atoms with Gasteiger partial charge in [-0.3, -0.25) is 0 Å². The summed E-state index contributed by atoms with van der Waals surface area (Å²) in [6.45, 7) is 17.9. The summed E-state index contributed by atoms with van der Waals surface area (Å²) in [5.74, 6) is 0. The third-order valence-corrected chi connectivity index (χ3v) is 10.2. The number of benzene rings is 5. The molecule has 0 unspecified atom stereocenters. The molecule has 0 radical (unpaired) electrons. The van der Waals surface area contributed by atoms with Crippen LogP contribution in [0.1, 0.15) is 74.9 Å². The molecule has 0 bridgehead atoms. The van der Waals surface area contributed by atoms with E-state index in [1.165, 1.54) is 93.1 Å². The molecule has 3 heteroatoms. The summed E-state index contributed by atoms with van der Waals surface area (Å²) in [7, 11) is 0. The Morgan fingerprint density at radius 3 is 1.40 bits per heavy atom. The molecule has 0 N–H and O–H groups in total. The first-order valence-corrected chi connectivity index (χ1v) is 17.5. The standard InChI is InChI=1S/C21H25.C13H10.C11H11.2ClH.Zr/c1-20(2,3)16-7-9-18-14(12-16)11-15-13-17(21(4,5)6)8-10-19(15)18;1-3-7-12(8-4-1)11-13-9-5-2-6-10-13;1-8-6-10-4-3-5-11(10)7-9(8)2;;;/h7-13H,1-6H3;1-10H;3-7H,1-2H3;2*1H;/q-1;;-1;;;+2/p-2. The molecule has 0 spiro atoms. The van der Waals surface area contributed by atoms with E-state index in [1.54, 1.807) is 0 Å². The van der Waals surface area contributed by atoms with Crippen molar-refractivity contribution in [3.05, 3.63) is 167 Å². The summed E-state index contributed by atoms with van der Waals surface area (Å²) in [5, 5.41) is 8.19. The molecule has 48 heavy (non-hydrogen) atoms. The number of fused-ring (bicyclic) bond motifs is 4. The Morgan fingerprint density at radius 1 is 0.521 bits per heavy atom. The topological polar surface area (TPSA) is 0 Å². The number of aryl methyl sites for hydroxylation is 2. The summed E-state index contributed by atoms with van der Waals surface area (Å²) >= 11 is 1.46. The second-order valence-electron chi connectivity index (χ2n) is 14.4. The quantitative estimate of drug-likeness (QED) is 0.183. The monoisotopic (exact) mass is 746 g/mol. The van der Waals surface area contributed by atoms with Crippen molar-refractivity contribution in [3.63, 3.8) is 0 Å². The van der Waals surface area contributed by atoms with Gasteiger partial charge in [-0.15, -0.1) is 68.7 Å². The summed E-state index contributed by atoms with van der Waals surface area (Å²) < 4.78 is 1.42. The molecule has 7 aromatic rings. The predicted molar refractivity (Wildman–Crippen MR) is 200 cm³/mol. The number of halogens is 2. The Balaban J connectivity index is 0.000000202. The van der Waals surface area contributed by atoms with Gasteiger partial charge in [0.15, 0.2) is 0 Å². The van der Waals surface area contributed by atoms with Crippen LogP contribution in [0.2, 0.25) is 0 Å². The molecule has 0 aliphatic heterocycles. The van der Waals surface area contributed by atoms with E-state index < -0.39 is 0 Å². The van der Waals surface area contributed by atoms with Crippen LogP contribution in [0, 0.1) is 13.8 Å². The molecule has 0 fully saturated rings. The van der Waals surface area contributed by atoms with Crippen LogP contribution in [-0.4, -0.2) is 3.21 Å². The van der Waals surface area contributed by atoms with Crippen LogP contribution >= 0.6 is 0 Å². The summed E-state index contributed by atoms with van der Waals surface area (Å²) in [5.41, 5.74) is 8.63. The summed E-state index contributed by atoms with van der Waals surface area (Å²) in [6, 6.07) is 48.2. The van der Waals surface area contributed by atoms with E-state index >= 15 is 0 Å². The van der Waals surface area contributed by atoms with Crippen molar-refractivity contribution in [2.45, 2.75) is 66.2 Å². The molecule has 0 aromatic heterocycles. The van der Waals surface area contributed by atoms with Crippen LogP contribution < -0.4 is 24.8 Å². The molecule has 0 nitrogen and oxygen atoms in total. The van der Waals surface area contributed by atoms with Crippen LogP contribution in [0.3, 0.4) is 0 Å². The fourth-order valence-electron chi connectivity index (χ4n) is 5.74. The SMILES string of the molecule is CC(C)(C)c1ccc2c(c1)[cH-]c1cc(C(C)(C)C)ccc12.Cc1cc2cc[cH-]c2cc1C.[Cl-].[Cl-].[Zr+2]=[C](c1ccccc1)c1ccccc1. The predicted octanol–water partition coefficient (Wildman–Crippen LogP) is 6.29. The van der Waals surface area contributed by atoms with Gasteiger partial charge in [-0.1, -0.05) is 88.1 Å². The fraction of sp³-hybridized carbons (Fsp3) is 0.222. The Hall–Kier alpha value is -3.09. The first kappa shape index (κ1) is 39.4. The average molecular weight is 749 g/mol. The Bertz CT molecular complexity index is 1940. The van der Waals surface area contributed by atoms with E-state index in [9.17, 15) is 0 Å². The van der Waals surface area contributed by atoms with Gasteiger partial charge in [0, 0.05) is 0 Å². The molecule has 0 atom stereocenters. The van der Waals surface area contributed by atoms with Gasteiger partial charge in [0.05, 0.1) is 0 Å². The van der Waals surface area contributed by atoms with Crippen LogP contribution in [-0.2, 0) is 35.1 Å². The first-order valence-electron chi connectivity index (χ1n) is 16.3. The van der Waals surface area contributed by atoms with Crippen molar-refractivity contribution < 1.29 is 49.0 Å². The van der Waals surface area contributed by atoms with Crippen molar-refractivity contribution >= 4 is 35.5 Å². The molecule has 0 saturated carbocycles. The third-order valence-electron chi connectivity index (χ3n) is 8.81. The van der Waals surface area contributed by atoms with Crippen LogP contribution in [0.25, 0.3) is 32.3 Å². The molecule has 7 rings (SSSR count). The normalized spacial score (nSPS) is 11.1. The maximum atomic E-state index is 2.35. The van der Waals surface area contributed by atoms with Gasteiger partial charge in [-0.2, -0.15) is 12.1 Å². The zero-order valence-electron chi connectivity index (χ0n) is 29.5. The van der Waals surface area contributed by atoms with Gasteiger partial charge < -0.3 is 24.8 Å². The van der Waals surface area contributed by atoms with Crippen molar-refractivity contribution in [1.82, 2.24) is 0 Å². The fourth-order valence-corrected chi connectivity index (χ4v) is 6.56. The van der Waals surface area contributed by atoms with Crippen LogP contribution in [0.5, 0.6) is 0 Å². The molecule has 7 aromatic carbocycles. The van der Waals surface area contributed by atoms with Crippen molar-refractivity contribution in [1.29, 1.82) is 0 Å². The van der Waals surface area contributed by atoms with Crippen LogP contribution in [0.15, 0.2) is 133 Å². The van der Waals surface area contributed by atoms with Gasteiger partial charge in [0.25, 0.3) is 0 Å². The molecule has 0 aliphatic rings. The Morgan fingerprint density at radius 2 is 0.958 bits per heavy atom. The molecule has 0 aliphatic carbocycles. The summed E-state index contributed by atoms with van der Waals surface area (Å²) in [4.78, 5) is 0. The zero-order valence-corrected chi connectivity index (χ0v) is 33.4. The van der Waals surface area contributed by atoms with Crippen molar-refractivity contribution in [2.75, 3.05) is 0 Å². The van der Waals surface area contributed by atoms with E-state index in [-0.39, 0.29) is 35.6 Å². The van der Waals surface area contributed by atoms with Gasteiger partial charge in [-0.25, -0.2) is 0 Å². The summed E-state index contributed by atoms with van der Waals surface area (Å²) in [6.07, 6.45) is 0. The molecule has 0 amide bonds. The Labute approximate surface area is 315 Å². The van der Waals surface area contributed by atoms with E-state index in [0.717, 1.165) is 0 Å². The van der Waals surface area contributed by atoms with Crippen LogP contribution in [0.4, 0.5) is 0 Å². The average Bonchev–Trinajstić information content (AvgIpc) is 3.64. The maximum absolute atomic E-state index is 2.35. The number of rotatable bonds is 2. The van der Waals surface area contributed by atoms with E-state index in [0.29, 0.717) is 0 Å². The van der Waals surface area contributed by atoms with Crippen molar-refractivity contribution in [2.24, 2.45) is 0 Å². The minimum absolute atomic E-state index is 0. The molecule has 0 heterocycles. The Kier molecular flexibility index (Phi) is 13.6.